The lowest BCUT2D eigenvalue weighted by molar-refractivity contribution is -0.385. The van der Waals surface area contributed by atoms with Gasteiger partial charge in [0.2, 0.25) is 11.8 Å². The highest BCUT2D eigenvalue weighted by molar-refractivity contribution is 6.33. The molecule has 268 valence electrons. The third-order valence-corrected chi connectivity index (χ3v) is 8.86. The number of ether oxygens (including phenoxy) is 1. The summed E-state index contributed by atoms with van der Waals surface area (Å²) in [6.45, 7) is 0. The van der Waals surface area contributed by atoms with Gasteiger partial charge in [0.25, 0.3) is 11.4 Å². The second-order valence-corrected chi connectivity index (χ2v) is 12.7. The van der Waals surface area contributed by atoms with Crippen molar-refractivity contribution in [1.29, 1.82) is 0 Å². The van der Waals surface area contributed by atoms with Crippen LogP contribution < -0.4 is 27.5 Å². The molecule has 0 radical (unpaired) electrons. The summed E-state index contributed by atoms with van der Waals surface area (Å²) in [6.07, 6.45) is -0.980. The molecule has 0 aliphatic rings. The Labute approximate surface area is 306 Å². The predicted molar refractivity (Wildman–Crippen MR) is 193 cm³/mol. The van der Waals surface area contributed by atoms with Crippen molar-refractivity contribution < 1.29 is 33.0 Å². The molecular formula is C36H24Cl2N4O11. The van der Waals surface area contributed by atoms with E-state index in [0.29, 0.717) is 11.1 Å². The largest absolute Gasteiger partial charge is 0.454 e. The Balaban J connectivity index is 1.41. The van der Waals surface area contributed by atoms with Crippen molar-refractivity contribution in [3.8, 4) is 11.5 Å². The fourth-order valence-electron chi connectivity index (χ4n) is 5.96. The number of hydrogen-bond acceptors (Lipinski definition) is 11. The minimum absolute atomic E-state index is 0.0160. The minimum atomic E-state index is -0.832. The van der Waals surface area contributed by atoms with E-state index in [2.05, 4.69) is 0 Å². The van der Waals surface area contributed by atoms with Crippen LogP contribution >= 0.6 is 23.2 Å². The van der Waals surface area contributed by atoms with Gasteiger partial charge in [0.05, 0.1) is 32.7 Å². The van der Waals surface area contributed by atoms with E-state index in [1.54, 1.807) is 12.1 Å². The molecule has 0 saturated heterocycles. The van der Waals surface area contributed by atoms with Crippen molar-refractivity contribution in [2.45, 2.75) is 25.7 Å². The number of nitro groups is 2. The van der Waals surface area contributed by atoms with Crippen molar-refractivity contribution >= 4 is 68.3 Å². The lowest BCUT2D eigenvalue weighted by Crippen LogP contribution is -2.20. The van der Waals surface area contributed by atoms with Gasteiger partial charge in [0, 0.05) is 71.1 Å². The Hall–Kier alpha value is -6.58. The van der Waals surface area contributed by atoms with Crippen LogP contribution in [0.15, 0.2) is 91.2 Å². The third-order valence-electron chi connectivity index (χ3n) is 8.27. The first-order valence-electron chi connectivity index (χ1n) is 15.5. The van der Waals surface area contributed by atoms with Crippen LogP contribution in [0.5, 0.6) is 11.5 Å². The van der Waals surface area contributed by atoms with Gasteiger partial charge in [-0.2, -0.15) is 0 Å². The maximum absolute atomic E-state index is 13.3. The molecule has 4 aromatic carbocycles. The number of hydrogen-bond donors (Lipinski definition) is 2. The van der Waals surface area contributed by atoms with E-state index in [-0.39, 0.29) is 103 Å². The van der Waals surface area contributed by atoms with Crippen molar-refractivity contribution in [2.75, 3.05) is 0 Å². The summed E-state index contributed by atoms with van der Waals surface area (Å²) < 4.78 is 17.2. The molecule has 0 atom stereocenters. The second kappa shape index (κ2) is 14.6. The monoisotopic (exact) mass is 758 g/mol. The van der Waals surface area contributed by atoms with Crippen LogP contribution in [-0.4, -0.2) is 21.7 Å². The SMILES string of the molecule is NC(=O)Cc1c(Cc2cccc([N+](=O)[O-])c2)c(=O)oc2cc(Oc3cc4oc(=O)c(Cc5cccc([N+](=O)[O-])c5)c(CC(N)=O)c4cc3Cl)c(Cl)cc12. The standard InChI is InChI=1S/C36H24Cl2N4O11/c37-27-11-23-21(13-33(39)43)25(9-17-3-1-5-19(7-17)41(47)48)35(45)52-29(23)15-31(27)51-32-16-30-24(12-28(32)38)22(14-34(40)44)26(36(46)53-30)10-18-4-2-6-20(8-18)42(49)50/h1-8,11-12,15-16H,9-10,13-14H2,(H2,39,43)(H2,40,44). The van der Waals surface area contributed by atoms with Crippen molar-refractivity contribution in [3.63, 3.8) is 0 Å². The maximum Gasteiger partial charge on any atom is 0.340 e. The number of halogens is 2. The highest BCUT2D eigenvalue weighted by atomic mass is 35.5. The zero-order chi connectivity index (χ0) is 38.1. The van der Waals surface area contributed by atoms with Crippen LogP contribution in [0.1, 0.15) is 33.4 Å². The lowest BCUT2D eigenvalue weighted by Gasteiger charge is -2.15. The average Bonchev–Trinajstić information content (AvgIpc) is 3.09. The molecule has 2 amide bonds. The van der Waals surface area contributed by atoms with E-state index >= 15 is 0 Å². The van der Waals surface area contributed by atoms with Crippen LogP contribution in [0, 0.1) is 20.2 Å². The molecule has 0 bridgehead atoms. The fourth-order valence-corrected chi connectivity index (χ4v) is 6.36. The molecule has 15 nitrogen and oxygen atoms in total. The number of nitrogens with zero attached hydrogens (tertiary/aromatic N) is 2. The molecule has 2 heterocycles. The first-order chi connectivity index (χ1) is 25.2. The first-order valence-corrected chi connectivity index (χ1v) is 16.2. The normalized spacial score (nSPS) is 11.1. The Bertz CT molecular complexity index is 2470. The van der Waals surface area contributed by atoms with Crippen LogP contribution in [0.4, 0.5) is 11.4 Å². The number of carbonyl (C=O) groups is 2. The molecule has 4 N–H and O–H groups in total. The van der Waals surface area contributed by atoms with Gasteiger partial charge in [-0.15, -0.1) is 0 Å². The summed E-state index contributed by atoms with van der Waals surface area (Å²) in [5, 5.41) is 23.1. The number of nitro benzene ring substituents is 2. The molecule has 0 spiro atoms. The quantitative estimate of drug-likeness (QED) is 0.0826. The molecule has 17 heteroatoms. The van der Waals surface area contributed by atoms with Crippen molar-refractivity contribution in [3.05, 3.63) is 157 Å². The van der Waals surface area contributed by atoms with Gasteiger partial charge < -0.3 is 25.0 Å². The molecule has 53 heavy (non-hydrogen) atoms. The number of amides is 2. The van der Waals surface area contributed by atoms with Crippen LogP contribution in [0.2, 0.25) is 10.0 Å². The molecule has 0 fully saturated rings. The van der Waals surface area contributed by atoms with Crippen LogP contribution in [-0.2, 0) is 35.3 Å². The Morgan fingerprint density at radius 3 is 1.40 bits per heavy atom. The smallest absolute Gasteiger partial charge is 0.340 e. The number of fused-ring (bicyclic) bond motifs is 2. The number of carbonyl (C=O) groups excluding carboxylic acids is 2. The van der Waals surface area contributed by atoms with Gasteiger partial charge >= 0.3 is 11.3 Å². The second-order valence-electron chi connectivity index (χ2n) is 11.8. The number of nitrogens with two attached hydrogens (primary N) is 2. The summed E-state index contributed by atoms with van der Waals surface area (Å²) >= 11 is 13.3. The van der Waals surface area contributed by atoms with E-state index in [4.69, 9.17) is 48.2 Å². The van der Waals surface area contributed by atoms with Gasteiger partial charge in [-0.1, -0.05) is 47.5 Å². The van der Waals surface area contributed by atoms with E-state index in [9.17, 15) is 39.4 Å². The molecule has 0 unspecified atom stereocenters. The summed E-state index contributed by atoms with van der Waals surface area (Å²) in [7, 11) is 0. The van der Waals surface area contributed by atoms with Gasteiger partial charge in [0.1, 0.15) is 22.7 Å². The molecular weight excluding hydrogens is 735 g/mol. The fraction of sp³-hybridized carbons (Fsp3) is 0.111. The summed E-state index contributed by atoms with van der Waals surface area (Å²) in [6, 6.07) is 16.7. The number of rotatable bonds is 12. The van der Waals surface area contributed by atoms with E-state index in [1.807, 2.05) is 0 Å². The number of non-ortho nitro benzene ring substituents is 2. The van der Waals surface area contributed by atoms with E-state index < -0.39 is 32.9 Å². The van der Waals surface area contributed by atoms with Gasteiger partial charge in [-0.05, 0) is 34.4 Å². The Kier molecular flexibility index (Phi) is 9.96. The number of benzene rings is 4. The molecule has 6 aromatic rings. The summed E-state index contributed by atoms with van der Waals surface area (Å²) in [4.78, 5) is 72.2. The summed E-state index contributed by atoms with van der Waals surface area (Å²) in [5.74, 6) is -1.63. The van der Waals surface area contributed by atoms with E-state index in [0.717, 1.165) is 0 Å². The summed E-state index contributed by atoms with van der Waals surface area (Å²) in [5.41, 5.74) is 10.3. The first kappa shape index (κ1) is 36.2. The number of primary amides is 2. The van der Waals surface area contributed by atoms with Crippen LogP contribution in [0.3, 0.4) is 0 Å². The zero-order valence-electron chi connectivity index (χ0n) is 27.1. The zero-order valence-corrected chi connectivity index (χ0v) is 28.6. The lowest BCUT2D eigenvalue weighted by atomic mass is 9.96. The van der Waals surface area contributed by atoms with Crippen molar-refractivity contribution in [1.82, 2.24) is 0 Å². The van der Waals surface area contributed by atoms with Gasteiger partial charge in [-0.25, -0.2) is 9.59 Å². The van der Waals surface area contributed by atoms with Crippen LogP contribution in [0.25, 0.3) is 21.9 Å². The molecule has 6 rings (SSSR count). The Morgan fingerprint density at radius 2 is 1.04 bits per heavy atom. The predicted octanol–water partition coefficient (Wildman–Crippen LogP) is 6.05. The molecule has 2 aromatic heterocycles. The highest BCUT2D eigenvalue weighted by Gasteiger charge is 2.23. The molecule has 0 aliphatic carbocycles. The Morgan fingerprint density at radius 1 is 0.642 bits per heavy atom. The van der Waals surface area contributed by atoms with Gasteiger partial charge in [-0.3, -0.25) is 29.8 Å². The van der Waals surface area contributed by atoms with E-state index in [1.165, 1.54) is 60.7 Å². The third kappa shape index (κ3) is 7.71. The van der Waals surface area contributed by atoms with Gasteiger partial charge in [0.15, 0.2) is 0 Å². The van der Waals surface area contributed by atoms with Crippen molar-refractivity contribution in [2.24, 2.45) is 11.5 Å². The topological polar surface area (TPSA) is 242 Å². The molecule has 0 saturated carbocycles. The maximum atomic E-state index is 13.3. The minimum Gasteiger partial charge on any atom is -0.454 e. The highest BCUT2D eigenvalue weighted by Crippen LogP contribution is 2.40. The average molecular weight is 760 g/mol. The molecule has 0 aliphatic heterocycles.